The minimum Gasteiger partial charge on any atom is -0.393 e. The van der Waals surface area contributed by atoms with Crippen LogP contribution in [0.2, 0.25) is 0 Å². The van der Waals surface area contributed by atoms with E-state index in [4.69, 9.17) is 0 Å². The fourth-order valence-electron chi connectivity index (χ4n) is 2.97. The standard InChI is InChI=1S/C17H29N3O/c1-12(2)18-10-15-9-13(3)17(19-11-15)20-7-5-16(6-8-20)14(4)21/h9,11-12,14,16,18,21H,5-8,10H2,1-4H3. The van der Waals surface area contributed by atoms with Crippen molar-refractivity contribution in [3.8, 4) is 0 Å². The highest BCUT2D eigenvalue weighted by Gasteiger charge is 2.24. The molecule has 21 heavy (non-hydrogen) atoms. The number of aromatic nitrogens is 1. The molecule has 4 nitrogen and oxygen atoms in total. The molecule has 0 saturated carbocycles. The van der Waals surface area contributed by atoms with Gasteiger partial charge in [0.25, 0.3) is 0 Å². The van der Waals surface area contributed by atoms with Gasteiger partial charge in [-0.15, -0.1) is 0 Å². The van der Waals surface area contributed by atoms with E-state index in [2.05, 4.69) is 42.0 Å². The molecule has 1 aromatic heterocycles. The van der Waals surface area contributed by atoms with E-state index >= 15 is 0 Å². The second-order valence-electron chi connectivity index (χ2n) is 6.58. The summed E-state index contributed by atoms with van der Waals surface area (Å²) in [6.45, 7) is 11.2. The van der Waals surface area contributed by atoms with Gasteiger partial charge in [-0.1, -0.05) is 13.8 Å². The van der Waals surface area contributed by atoms with E-state index in [-0.39, 0.29) is 6.10 Å². The van der Waals surface area contributed by atoms with Gasteiger partial charge in [-0.25, -0.2) is 4.98 Å². The molecule has 0 aromatic carbocycles. The summed E-state index contributed by atoms with van der Waals surface area (Å²) in [5.41, 5.74) is 2.48. The second kappa shape index (κ2) is 7.23. The number of rotatable bonds is 5. The molecule has 2 N–H and O–H groups in total. The first-order chi connectivity index (χ1) is 9.97. The lowest BCUT2D eigenvalue weighted by Crippen LogP contribution is -2.37. The zero-order valence-corrected chi connectivity index (χ0v) is 13.8. The van der Waals surface area contributed by atoms with Crippen LogP contribution in [0.3, 0.4) is 0 Å². The van der Waals surface area contributed by atoms with Crippen molar-refractivity contribution in [3.05, 3.63) is 23.4 Å². The molecule has 118 valence electrons. The fraction of sp³-hybridized carbons (Fsp3) is 0.706. The third-order valence-corrected chi connectivity index (χ3v) is 4.34. The zero-order chi connectivity index (χ0) is 15.4. The Labute approximate surface area is 128 Å². The molecule has 2 heterocycles. The largest absolute Gasteiger partial charge is 0.393 e. The van der Waals surface area contributed by atoms with E-state index in [1.165, 1.54) is 11.1 Å². The van der Waals surface area contributed by atoms with Gasteiger partial charge in [-0.2, -0.15) is 0 Å². The molecule has 0 radical (unpaired) electrons. The predicted octanol–water partition coefficient (Wildman–Crippen LogP) is 2.49. The number of nitrogens with one attached hydrogen (secondary N) is 1. The van der Waals surface area contributed by atoms with Gasteiger partial charge in [0, 0.05) is 31.9 Å². The smallest absolute Gasteiger partial charge is 0.131 e. The molecule has 1 saturated heterocycles. The normalized spacial score (nSPS) is 18.3. The molecule has 4 heteroatoms. The molecule has 1 unspecified atom stereocenters. The number of aryl methyl sites for hydroxylation is 1. The number of aliphatic hydroxyl groups is 1. The summed E-state index contributed by atoms with van der Waals surface area (Å²) in [7, 11) is 0. The topological polar surface area (TPSA) is 48.4 Å². The van der Waals surface area contributed by atoms with Crippen LogP contribution in [0, 0.1) is 12.8 Å². The van der Waals surface area contributed by atoms with Crippen LogP contribution >= 0.6 is 0 Å². The molecule has 1 aliphatic rings. The second-order valence-corrected chi connectivity index (χ2v) is 6.58. The van der Waals surface area contributed by atoms with Crippen molar-refractivity contribution >= 4 is 5.82 Å². The van der Waals surface area contributed by atoms with Crippen molar-refractivity contribution in [1.82, 2.24) is 10.3 Å². The van der Waals surface area contributed by atoms with E-state index in [0.29, 0.717) is 12.0 Å². The van der Waals surface area contributed by atoms with Crippen molar-refractivity contribution in [1.29, 1.82) is 0 Å². The Hall–Kier alpha value is -1.13. The van der Waals surface area contributed by atoms with Gasteiger partial charge in [0.15, 0.2) is 0 Å². The van der Waals surface area contributed by atoms with Gasteiger partial charge in [0.1, 0.15) is 5.82 Å². The molecule has 0 amide bonds. The number of hydrogen-bond donors (Lipinski definition) is 2. The summed E-state index contributed by atoms with van der Waals surface area (Å²) in [6, 6.07) is 2.72. The van der Waals surface area contributed by atoms with Crippen LogP contribution in [0.15, 0.2) is 12.3 Å². The van der Waals surface area contributed by atoms with Crippen LogP contribution in [-0.4, -0.2) is 35.3 Å². The van der Waals surface area contributed by atoms with Crippen molar-refractivity contribution in [2.45, 2.75) is 59.2 Å². The third kappa shape index (κ3) is 4.42. The van der Waals surface area contributed by atoms with Gasteiger partial charge >= 0.3 is 0 Å². The monoisotopic (exact) mass is 291 g/mol. The van der Waals surface area contributed by atoms with Crippen molar-refractivity contribution in [3.63, 3.8) is 0 Å². The number of nitrogens with zero attached hydrogens (tertiary/aromatic N) is 2. The lowest BCUT2D eigenvalue weighted by atomic mass is 9.92. The van der Waals surface area contributed by atoms with Crippen LogP contribution in [0.5, 0.6) is 0 Å². The van der Waals surface area contributed by atoms with E-state index in [0.717, 1.165) is 38.3 Å². The maximum absolute atomic E-state index is 9.69. The van der Waals surface area contributed by atoms with Crippen LogP contribution in [0.1, 0.15) is 44.7 Å². The first kappa shape index (κ1) is 16.2. The predicted molar refractivity (Wildman–Crippen MR) is 87.6 cm³/mol. The quantitative estimate of drug-likeness (QED) is 0.875. The summed E-state index contributed by atoms with van der Waals surface area (Å²) in [5, 5.41) is 13.1. The highest BCUT2D eigenvalue weighted by molar-refractivity contribution is 5.47. The third-order valence-electron chi connectivity index (χ3n) is 4.34. The van der Waals surface area contributed by atoms with Gasteiger partial charge < -0.3 is 15.3 Å². The molecule has 0 spiro atoms. The van der Waals surface area contributed by atoms with E-state index < -0.39 is 0 Å². The molecule has 1 fully saturated rings. The molecule has 0 aliphatic carbocycles. The fourth-order valence-corrected chi connectivity index (χ4v) is 2.97. The lowest BCUT2D eigenvalue weighted by Gasteiger charge is -2.34. The number of pyridine rings is 1. The van der Waals surface area contributed by atoms with Gasteiger partial charge in [0.05, 0.1) is 6.10 Å². The Kier molecular flexibility index (Phi) is 5.59. The first-order valence-corrected chi connectivity index (χ1v) is 8.09. The Morgan fingerprint density at radius 1 is 1.33 bits per heavy atom. The average Bonchev–Trinajstić information content (AvgIpc) is 2.45. The van der Waals surface area contributed by atoms with Crippen molar-refractivity contribution in [2.24, 2.45) is 5.92 Å². The van der Waals surface area contributed by atoms with Crippen LogP contribution in [-0.2, 0) is 6.54 Å². The van der Waals surface area contributed by atoms with Crippen molar-refractivity contribution < 1.29 is 5.11 Å². The van der Waals surface area contributed by atoms with Crippen LogP contribution < -0.4 is 10.2 Å². The maximum atomic E-state index is 9.69. The van der Waals surface area contributed by atoms with Gasteiger partial charge in [-0.3, -0.25) is 0 Å². The number of aliphatic hydroxyl groups excluding tert-OH is 1. The number of anilines is 1. The zero-order valence-electron chi connectivity index (χ0n) is 13.8. The Morgan fingerprint density at radius 3 is 2.52 bits per heavy atom. The summed E-state index contributed by atoms with van der Waals surface area (Å²) in [4.78, 5) is 7.03. The summed E-state index contributed by atoms with van der Waals surface area (Å²) >= 11 is 0. The summed E-state index contributed by atoms with van der Waals surface area (Å²) in [6.07, 6.45) is 3.90. The molecule has 2 rings (SSSR count). The van der Waals surface area contributed by atoms with E-state index in [9.17, 15) is 5.11 Å². The van der Waals surface area contributed by atoms with Gasteiger partial charge in [-0.05, 0) is 49.8 Å². The summed E-state index contributed by atoms with van der Waals surface area (Å²) in [5.74, 6) is 1.54. The Morgan fingerprint density at radius 2 is 2.00 bits per heavy atom. The number of piperidine rings is 1. The van der Waals surface area contributed by atoms with Crippen LogP contribution in [0.4, 0.5) is 5.82 Å². The maximum Gasteiger partial charge on any atom is 0.131 e. The highest BCUT2D eigenvalue weighted by atomic mass is 16.3. The van der Waals surface area contributed by atoms with Crippen molar-refractivity contribution in [2.75, 3.05) is 18.0 Å². The van der Waals surface area contributed by atoms with E-state index in [1.807, 2.05) is 13.1 Å². The molecule has 1 aromatic rings. The molecule has 1 atom stereocenters. The summed E-state index contributed by atoms with van der Waals surface area (Å²) < 4.78 is 0. The SMILES string of the molecule is Cc1cc(CNC(C)C)cnc1N1CCC(C(C)O)CC1. The molecular formula is C17H29N3O. The molecular weight excluding hydrogens is 262 g/mol. The minimum atomic E-state index is -0.189. The molecule has 1 aliphatic heterocycles. The first-order valence-electron chi connectivity index (χ1n) is 8.09. The average molecular weight is 291 g/mol. The Bertz CT molecular complexity index is 451. The highest BCUT2D eigenvalue weighted by Crippen LogP contribution is 2.26. The number of hydrogen-bond acceptors (Lipinski definition) is 4. The minimum absolute atomic E-state index is 0.189. The van der Waals surface area contributed by atoms with Gasteiger partial charge in [0.2, 0.25) is 0 Å². The van der Waals surface area contributed by atoms with Crippen LogP contribution in [0.25, 0.3) is 0 Å². The lowest BCUT2D eigenvalue weighted by molar-refractivity contribution is 0.109. The molecule has 0 bridgehead atoms. The Balaban J connectivity index is 1.98. The van der Waals surface area contributed by atoms with E-state index in [1.54, 1.807) is 0 Å².